The number of hydrogen-bond acceptors (Lipinski definition) is 3. The third-order valence-corrected chi connectivity index (χ3v) is 5.20. The number of hydrogen-bond donors (Lipinski definition) is 1. The van der Waals surface area contributed by atoms with Crippen molar-refractivity contribution >= 4 is 15.8 Å². The average Bonchev–Trinajstić information content (AvgIpc) is 2.29. The lowest BCUT2D eigenvalue weighted by Gasteiger charge is -2.13. The van der Waals surface area contributed by atoms with Crippen LogP contribution in [0.25, 0.3) is 0 Å². The van der Waals surface area contributed by atoms with Crippen molar-refractivity contribution in [2.24, 2.45) is 0 Å². The van der Waals surface area contributed by atoms with Crippen LogP contribution in [0.5, 0.6) is 0 Å². The minimum atomic E-state index is -3.44. The Bertz CT molecular complexity index is 546. The molecule has 1 aromatic carbocycles. The molecule has 1 rings (SSSR count). The van der Waals surface area contributed by atoms with Gasteiger partial charge in [0, 0.05) is 0 Å². The normalized spacial score (nSPS) is 13.3. The van der Waals surface area contributed by atoms with Crippen molar-refractivity contribution in [1.82, 2.24) is 0 Å². The van der Waals surface area contributed by atoms with Crippen LogP contribution in [0.4, 0.5) is 0 Å². The van der Waals surface area contributed by atoms with Gasteiger partial charge in [0.15, 0.2) is 9.84 Å². The smallest absolute Gasteiger partial charge is 0.335 e. The Balaban J connectivity index is 3.26. The molecular formula is C13H18O4S. The predicted octanol–water partition coefficient (Wildman–Crippen LogP) is 2.66. The van der Waals surface area contributed by atoms with Gasteiger partial charge in [-0.3, -0.25) is 0 Å². The molecule has 0 heterocycles. The van der Waals surface area contributed by atoms with Crippen LogP contribution in [0.1, 0.15) is 42.6 Å². The number of sulfone groups is 1. The molecule has 0 saturated heterocycles. The van der Waals surface area contributed by atoms with Crippen LogP contribution in [-0.4, -0.2) is 24.7 Å². The fraction of sp³-hybridized carbons (Fsp3) is 0.462. The highest BCUT2D eigenvalue weighted by Crippen LogP contribution is 2.22. The zero-order valence-corrected chi connectivity index (χ0v) is 11.6. The number of rotatable bonds is 5. The molecule has 0 aliphatic heterocycles. The number of aromatic carboxylic acids is 1. The molecule has 4 nitrogen and oxygen atoms in total. The molecule has 1 atom stereocenters. The summed E-state index contributed by atoms with van der Waals surface area (Å²) in [6.07, 6.45) is 1.34. The van der Waals surface area contributed by atoms with Crippen molar-refractivity contribution in [3.05, 3.63) is 29.3 Å². The highest BCUT2D eigenvalue weighted by Gasteiger charge is 2.23. The van der Waals surface area contributed by atoms with E-state index in [1.807, 2.05) is 6.92 Å². The van der Waals surface area contributed by atoms with E-state index < -0.39 is 21.1 Å². The summed E-state index contributed by atoms with van der Waals surface area (Å²) in [4.78, 5) is 11.1. The molecule has 0 spiro atoms. The molecule has 0 saturated carbocycles. The van der Waals surface area contributed by atoms with Crippen molar-refractivity contribution in [2.75, 3.05) is 0 Å². The molecule has 5 heteroatoms. The van der Waals surface area contributed by atoms with Gasteiger partial charge in [-0.1, -0.05) is 19.4 Å². The number of aryl methyl sites for hydroxylation is 1. The molecule has 0 fully saturated rings. The van der Waals surface area contributed by atoms with E-state index in [4.69, 9.17) is 5.11 Å². The first-order valence-corrected chi connectivity index (χ1v) is 7.43. The lowest BCUT2D eigenvalue weighted by molar-refractivity contribution is 0.0696. The zero-order chi connectivity index (χ0) is 13.9. The molecule has 100 valence electrons. The van der Waals surface area contributed by atoms with E-state index in [1.54, 1.807) is 13.8 Å². The lowest BCUT2D eigenvalue weighted by atomic mass is 10.1. The van der Waals surface area contributed by atoms with Gasteiger partial charge in [0.25, 0.3) is 0 Å². The van der Waals surface area contributed by atoms with Crippen molar-refractivity contribution < 1.29 is 18.3 Å². The van der Waals surface area contributed by atoms with Gasteiger partial charge >= 0.3 is 5.97 Å². The summed E-state index contributed by atoms with van der Waals surface area (Å²) in [5, 5.41) is 8.51. The molecule has 0 radical (unpaired) electrons. The SMILES string of the molecule is CCCC(C)S(=O)(=O)c1ccc(C)c(C(=O)O)c1. The van der Waals surface area contributed by atoms with Gasteiger partial charge in [-0.2, -0.15) is 0 Å². The number of carboxylic acid groups (broad SMARTS) is 1. The molecule has 0 aromatic heterocycles. The van der Waals surface area contributed by atoms with Gasteiger partial charge < -0.3 is 5.11 Å². The first kappa shape index (κ1) is 14.7. The van der Waals surface area contributed by atoms with E-state index in [0.717, 1.165) is 6.42 Å². The highest BCUT2D eigenvalue weighted by atomic mass is 32.2. The van der Waals surface area contributed by atoms with Gasteiger partial charge in [0.2, 0.25) is 0 Å². The summed E-state index contributed by atoms with van der Waals surface area (Å²) < 4.78 is 24.4. The van der Waals surface area contributed by atoms with Crippen LogP contribution in [0, 0.1) is 6.92 Å². The van der Waals surface area contributed by atoms with Crippen LogP contribution in [-0.2, 0) is 9.84 Å². The topological polar surface area (TPSA) is 71.4 Å². The summed E-state index contributed by atoms with van der Waals surface area (Å²) in [6, 6.07) is 4.26. The Morgan fingerprint density at radius 2 is 2.00 bits per heavy atom. The number of carboxylic acids is 1. The molecule has 18 heavy (non-hydrogen) atoms. The van der Waals surface area contributed by atoms with Gasteiger partial charge in [-0.05, 0) is 38.0 Å². The van der Waals surface area contributed by atoms with Gasteiger partial charge in [0.05, 0.1) is 15.7 Å². The quantitative estimate of drug-likeness (QED) is 0.892. The maximum absolute atomic E-state index is 12.2. The highest BCUT2D eigenvalue weighted by molar-refractivity contribution is 7.92. The fourth-order valence-corrected chi connectivity index (χ4v) is 3.35. The molecular weight excluding hydrogens is 252 g/mol. The average molecular weight is 270 g/mol. The summed E-state index contributed by atoms with van der Waals surface area (Å²) in [6.45, 7) is 5.22. The van der Waals surface area contributed by atoms with E-state index in [1.165, 1.54) is 18.2 Å². The molecule has 0 aliphatic rings. The minimum absolute atomic E-state index is 0.0415. The zero-order valence-electron chi connectivity index (χ0n) is 10.8. The maximum atomic E-state index is 12.2. The van der Waals surface area contributed by atoms with Crippen LogP contribution in [0.15, 0.2) is 23.1 Å². The monoisotopic (exact) mass is 270 g/mol. The van der Waals surface area contributed by atoms with Crippen molar-refractivity contribution in [3.63, 3.8) is 0 Å². The Kier molecular flexibility index (Phi) is 4.51. The summed E-state index contributed by atoms with van der Waals surface area (Å²) in [5.74, 6) is -1.10. The lowest BCUT2D eigenvalue weighted by Crippen LogP contribution is -2.18. The molecule has 1 unspecified atom stereocenters. The van der Waals surface area contributed by atoms with Crippen molar-refractivity contribution in [2.45, 2.75) is 43.8 Å². The molecule has 1 N–H and O–H groups in total. The van der Waals surface area contributed by atoms with Gasteiger partial charge in [-0.15, -0.1) is 0 Å². The first-order chi connectivity index (χ1) is 8.30. The summed E-state index contributed by atoms with van der Waals surface area (Å²) in [7, 11) is -3.44. The third kappa shape index (κ3) is 2.90. The van der Waals surface area contributed by atoms with E-state index in [2.05, 4.69) is 0 Å². The predicted molar refractivity (Wildman–Crippen MR) is 69.7 cm³/mol. The van der Waals surface area contributed by atoms with Crippen LogP contribution in [0.3, 0.4) is 0 Å². The molecule has 0 aliphatic carbocycles. The third-order valence-electron chi connectivity index (χ3n) is 2.99. The molecule has 1 aromatic rings. The number of carbonyl (C=O) groups is 1. The van der Waals surface area contributed by atoms with Crippen LogP contribution in [0.2, 0.25) is 0 Å². The summed E-state index contributed by atoms with van der Waals surface area (Å²) in [5.41, 5.74) is 0.601. The fourth-order valence-electron chi connectivity index (χ4n) is 1.80. The van der Waals surface area contributed by atoms with Crippen molar-refractivity contribution in [1.29, 1.82) is 0 Å². The van der Waals surface area contributed by atoms with Crippen molar-refractivity contribution in [3.8, 4) is 0 Å². The second kappa shape index (κ2) is 5.52. The second-order valence-electron chi connectivity index (χ2n) is 4.43. The molecule has 0 amide bonds. The van der Waals surface area contributed by atoms with Gasteiger partial charge in [-0.25, -0.2) is 13.2 Å². The van der Waals surface area contributed by atoms with E-state index in [9.17, 15) is 13.2 Å². The van der Waals surface area contributed by atoms with Crippen LogP contribution < -0.4 is 0 Å². The van der Waals surface area contributed by atoms with E-state index in [0.29, 0.717) is 12.0 Å². The first-order valence-electron chi connectivity index (χ1n) is 5.88. The largest absolute Gasteiger partial charge is 0.478 e. The Morgan fingerprint density at radius 1 is 1.39 bits per heavy atom. The summed E-state index contributed by atoms with van der Waals surface area (Å²) >= 11 is 0. The minimum Gasteiger partial charge on any atom is -0.478 e. The Morgan fingerprint density at radius 3 is 2.50 bits per heavy atom. The van der Waals surface area contributed by atoms with E-state index >= 15 is 0 Å². The Labute approximate surface area is 108 Å². The maximum Gasteiger partial charge on any atom is 0.335 e. The standard InChI is InChI=1S/C13H18O4S/c1-4-5-10(3)18(16,17)11-7-6-9(2)12(8-11)13(14)15/h6-8,10H,4-5H2,1-3H3,(H,14,15). The molecule has 0 bridgehead atoms. The van der Waals surface area contributed by atoms with Gasteiger partial charge in [0.1, 0.15) is 0 Å². The number of benzene rings is 1. The van der Waals surface area contributed by atoms with E-state index in [-0.39, 0.29) is 10.5 Å². The second-order valence-corrected chi connectivity index (χ2v) is 6.79. The Hall–Kier alpha value is -1.36. The van der Waals surface area contributed by atoms with Crippen LogP contribution >= 0.6 is 0 Å².